The summed E-state index contributed by atoms with van der Waals surface area (Å²) in [7, 11) is 0. The van der Waals surface area contributed by atoms with E-state index in [9.17, 15) is 9.59 Å². The number of amides is 2. The van der Waals surface area contributed by atoms with Crippen molar-refractivity contribution in [3.8, 4) is 11.8 Å². The zero-order valence-corrected chi connectivity index (χ0v) is 16.4. The molecule has 150 valence electrons. The molecule has 1 aliphatic heterocycles. The van der Waals surface area contributed by atoms with E-state index in [1.807, 2.05) is 24.0 Å². The molecule has 7 nitrogen and oxygen atoms in total. The van der Waals surface area contributed by atoms with Crippen LogP contribution < -0.4 is 10.1 Å². The first-order valence-corrected chi connectivity index (χ1v) is 9.64. The Kier molecular flexibility index (Phi) is 6.82. The summed E-state index contributed by atoms with van der Waals surface area (Å²) >= 11 is 0. The van der Waals surface area contributed by atoms with Crippen LogP contribution in [-0.4, -0.2) is 60.9 Å². The maximum Gasteiger partial charge on any atom is 0.257 e. The molecule has 0 atom stereocenters. The van der Waals surface area contributed by atoms with Crippen LogP contribution in [0.25, 0.3) is 0 Å². The van der Waals surface area contributed by atoms with Crippen LogP contribution >= 0.6 is 0 Å². The molecule has 1 N–H and O–H groups in total. The molecule has 1 aliphatic rings. The Morgan fingerprint density at radius 1 is 1.10 bits per heavy atom. The monoisotopic (exact) mass is 392 g/mol. The number of benzene rings is 2. The third kappa shape index (κ3) is 5.33. The zero-order chi connectivity index (χ0) is 20.6. The Hall–Kier alpha value is -3.37. The first-order chi connectivity index (χ1) is 14.1. The molecule has 29 heavy (non-hydrogen) atoms. The maximum absolute atomic E-state index is 12.8. The van der Waals surface area contributed by atoms with Crippen LogP contribution in [0, 0.1) is 11.3 Å². The Bertz CT molecular complexity index is 914. The number of ether oxygens (including phenoxy) is 1. The van der Waals surface area contributed by atoms with Gasteiger partial charge in [0.2, 0.25) is 5.91 Å². The second kappa shape index (κ2) is 9.71. The van der Waals surface area contributed by atoms with Gasteiger partial charge < -0.3 is 15.0 Å². The van der Waals surface area contributed by atoms with Crippen molar-refractivity contribution in [2.45, 2.75) is 6.92 Å². The predicted octanol–water partition coefficient (Wildman–Crippen LogP) is 2.35. The minimum atomic E-state index is -0.137. The van der Waals surface area contributed by atoms with Gasteiger partial charge in [-0.05, 0) is 37.3 Å². The van der Waals surface area contributed by atoms with E-state index in [4.69, 9.17) is 10.00 Å². The summed E-state index contributed by atoms with van der Waals surface area (Å²) in [6.45, 7) is 4.98. The number of nitrogens with one attached hydrogen (secondary N) is 1. The molecular weight excluding hydrogens is 368 g/mol. The van der Waals surface area contributed by atoms with Crippen LogP contribution in [0.3, 0.4) is 0 Å². The highest BCUT2D eigenvalue weighted by Gasteiger charge is 2.25. The van der Waals surface area contributed by atoms with E-state index in [0.29, 0.717) is 55.3 Å². The van der Waals surface area contributed by atoms with E-state index in [1.54, 1.807) is 41.3 Å². The van der Waals surface area contributed by atoms with E-state index in [0.717, 1.165) is 0 Å². The van der Waals surface area contributed by atoms with Crippen LogP contribution in [0.5, 0.6) is 5.75 Å². The number of nitriles is 1. The molecule has 2 aromatic rings. The number of nitrogens with zero attached hydrogens (tertiary/aromatic N) is 3. The van der Waals surface area contributed by atoms with Crippen molar-refractivity contribution in [1.82, 2.24) is 9.80 Å². The molecular formula is C22H24N4O3. The molecule has 0 bridgehead atoms. The summed E-state index contributed by atoms with van der Waals surface area (Å²) in [5, 5.41) is 11.8. The molecule has 7 heteroatoms. The molecule has 1 heterocycles. The lowest BCUT2D eigenvalue weighted by Gasteiger charge is -2.34. The molecule has 1 fully saturated rings. The van der Waals surface area contributed by atoms with Gasteiger partial charge in [-0.15, -0.1) is 0 Å². The number of carbonyl (C=O) groups is 2. The molecule has 3 rings (SSSR count). The molecule has 0 aliphatic carbocycles. The summed E-state index contributed by atoms with van der Waals surface area (Å²) in [6.07, 6.45) is 0. The predicted molar refractivity (Wildman–Crippen MR) is 110 cm³/mol. The van der Waals surface area contributed by atoms with Crippen LogP contribution in [0.4, 0.5) is 5.69 Å². The lowest BCUT2D eigenvalue weighted by molar-refractivity contribution is -0.117. The van der Waals surface area contributed by atoms with Crippen LogP contribution in [-0.2, 0) is 4.79 Å². The summed E-state index contributed by atoms with van der Waals surface area (Å²) in [6, 6.07) is 16.1. The quantitative estimate of drug-likeness (QED) is 0.816. The lowest BCUT2D eigenvalue weighted by atomic mass is 10.1. The van der Waals surface area contributed by atoms with Crippen molar-refractivity contribution in [3.05, 3.63) is 59.7 Å². The molecule has 0 radical (unpaired) electrons. The third-order valence-corrected chi connectivity index (χ3v) is 4.72. The van der Waals surface area contributed by atoms with E-state index >= 15 is 0 Å². The van der Waals surface area contributed by atoms with Gasteiger partial charge >= 0.3 is 0 Å². The van der Waals surface area contributed by atoms with Crippen molar-refractivity contribution in [1.29, 1.82) is 5.26 Å². The average molecular weight is 392 g/mol. The largest absolute Gasteiger partial charge is 0.493 e. The van der Waals surface area contributed by atoms with Gasteiger partial charge in [0, 0.05) is 31.9 Å². The van der Waals surface area contributed by atoms with Gasteiger partial charge in [0.1, 0.15) is 5.75 Å². The highest BCUT2D eigenvalue weighted by atomic mass is 16.5. The van der Waals surface area contributed by atoms with E-state index in [1.165, 1.54) is 0 Å². The van der Waals surface area contributed by atoms with Gasteiger partial charge in [-0.25, -0.2) is 0 Å². The summed E-state index contributed by atoms with van der Waals surface area (Å²) in [5.41, 5.74) is 1.68. The fourth-order valence-corrected chi connectivity index (χ4v) is 3.27. The van der Waals surface area contributed by atoms with Crippen molar-refractivity contribution < 1.29 is 14.3 Å². The van der Waals surface area contributed by atoms with Gasteiger partial charge in [-0.1, -0.05) is 18.2 Å². The van der Waals surface area contributed by atoms with Crippen LogP contribution in [0.2, 0.25) is 0 Å². The van der Waals surface area contributed by atoms with Gasteiger partial charge in [-0.3, -0.25) is 14.5 Å². The number of carbonyl (C=O) groups excluding carboxylic acids is 2. The maximum atomic E-state index is 12.8. The molecule has 0 saturated carbocycles. The van der Waals surface area contributed by atoms with E-state index in [-0.39, 0.29) is 18.4 Å². The first kappa shape index (κ1) is 20.4. The topological polar surface area (TPSA) is 85.7 Å². The van der Waals surface area contributed by atoms with Crippen molar-refractivity contribution in [2.24, 2.45) is 0 Å². The summed E-state index contributed by atoms with van der Waals surface area (Å²) in [4.78, 5) is 29.0. The second-order valence-electron chi connectivity index (χ2n) is 6.74. The Labute approximate surface area is 170 Å². The Morgan fingerprint density at radius 2 is 1.86 bits per heavy atom. The van der Waals surface area contributed by atoms with Crippen molar-refractivity contribution in [2.75, 3.05) is 44.6 Å². The van der Waals surface area contributed by atoms with Crippen LogP contribution in [0.15, 0.2) is 48.5 Å². The standard InChI is InChI=1S/C22H24N4O3/c1-2-29-20-9-4-3-8-19(20)22(28)26-12-10-25(11-13-26)16-21(27)24-18-7-5-6-17(14-18)15-23/h3-9,14H,2,10-13,16H2,1H3,(H,24,27). The number of hydrogen-bond acceptors (Lipinski definition) is 5. The highest BCUT2D eigenvalue weighted by molar-refractivity contribution is 5.97. The second-order valence-corrected chi connectivity index (χ2v) is 6.74. The zero-order valence-electron chi connectivity index (χ0n) is 16.4. The highest BCUT2D eigenvalue weighted by Crippen LogP contribution is 2.20. The Balaban J connectivity index is 1.52. The third-order valence-electron chi connectivity index (χ3n) is 4.72. The van der Waals surface area contributed by atoms with Gasteiger partial charge in [-0.2, -0.15) is 5.26 Å². The van der Waals surface area contributed by atoms with Gasteiger partial charge in [0.05, 0.1) is 30.3 Å². The number of piperazine rings is 1. The van der Waals surface area contributed by atoms with E-state index in [2.05, 4.69) is 11.4 Å². The van der Waals surface area contributed by atoms with Crippen molar-refractivity contribution >= 4 is 17.5 Å². The van der Waals surface area contributed by atoms with Crippen LogP contribution in [0.1, 0.15) is 22.8 Å². The molecule has 0 unspecified atom stereocenters. The van der Waals surface area contributed by atoms with E-state index < -0.39 is 0 Å². The average Bonchev–Trinajstić information content (AvgIpc) is 2.74. The van der Waals surface area contributed by atoms with Crippen molar-refractivity contribution in [3.63, 3.8) is 0 Å². The fraction of sp³-hybridized carbons (Fsp3) is 0.318. The molecule has 0 aromatic heterocycles. The smallest absolute Gasteiger partial charge is 0.257 e. The SMILES string of the molecule is CCOc1ccccc1C(=O)N1CCN(CC(=O)Nc2cccc(C#N)c2)CC1. The minimum Gasteiger partial charge on any atom is -0.493 e. The number of anilines is 1. The minimum absolute atomic E-state index is 0.0496. The Morgan fingerprint density at radius 3 is 2.59 bits per heavy atom. The van der Waals surface area contributed by atoms with Gasteiger partial charge in [0.25, 0.3) is 5.91 Å². The number of hydrogen-bond donors (Lipinski definition) is 1. The molecule has 0 spiro atoms. The molecule has 2 aromatic carbocycles. The normalized spacial score (nSPS) is 14.1. The lowest BCUT2D eigenvalue weighted by Crippen LogP contribution is -2.50. The fourth-order valence-electron chi connectivity index (χ4n) is 3.27. The summed E-state index contributed by atoms with van der Waals surface area (Å²) in [5.74, 6) is 0.412. The molecule has 1 saturated heterocycles. The number of rotatable bonds is 6. The first-order valence-electron chi connectivity index (χ1n) is 9.64. The number of para-hydroxylation sites is 1. The molecule has 2 amide bonds. The van der Waals surface area contributed by atoms with Gasteiger partial charge in [0.15, 0.2) is 0 Å². The summed E-state index contributed by atoms with van der Waals surface area (Å²) < 4.78 is 5.56.